The number of aliphatic carboxylic acids is 1. The van der Waals surface area contributed by atoms with Crippen molar-refractivity contribution in [3.05, 3.63) is 0 Å². The van der Waals surface area contributed by atoms with Crippen molar-refractivity contribution < 1.29 is 42.9 Å². The first-order valence-electron chi connectivity index (χ1n) is 19.7. The molecule has 0 aromatic rings. The number of rotatable bonds is 36. The predicted molar refractivity (Wildman–Crippen MR) is 191 cm³/mol. The third kappa shape index (κ3) is 32.8. The molecule has 0 radical (unpaired) electrons. The average molecular weight is 686 g/mol. The van der Waals surface area contributed by atoms with Gasteiger partial charge >= 0.3 is 11.9 Å². The lowest BCUT2D eigenvalue weighted by molar-refractivity contribution is -0.870. The van der Waals surface area contributed by atoms with Crippen molar-refractivity contribution in [1.82, 2.24) is 0 Å². The minimum atomic E-state index is -1.61. The molecule has 9 heteroatoms. The lowest BCUT2D eigenvalue weighted by atomic mass is 10.0. The minimum absolute atomic E-state index is 0.152. The third-order valence-electron chi connectivity index (χ3n) is 8.60. The van der Waals surface area contributed by atoms with Crippen LogP contribution in [0.4, 0.5) is 0 Å². The standard InChI is InChI=1S/C39H75NO8/c1-6-8-10-12-14-16-18-20-22-24-26-28-30-37(42)48-35(34-47-39(38(43)44)45-32-31-40(3,4)5)33-46-36(41)29-27-25-23-21-19-17-15-13-11-9-7-2/h35,39H,6-34H2,1-5H3. The Morgan fingerprint density at radius 3 is 1.33 bits per heavy atom. The molecule has 0 aliphatic carbocycles. The molecule has 0 heterocycles. The highest BCUT2D eigenvalue weighted by Gasteiger charge is 2.21. The van der Waals surface area contributed by atoms with Crippen LogP contribution < -0.4 is 5.11 Å². The van der Waals surface area contributed by atoms with Crippen LogP contribution in [0.25, 0.3) is 0 Å². The van der Waals surface area contributed by atoms with E-state index in [1.54, 1.807) is 0 Å². The van der Waals surface area contributed by atoms with Crippen molar-refractivity contribution in [1.29, 1.82) is 0 Å². The molecule has 284 valence electrons. The summed E-state index contributed by atoms with van der Waals surface area (Å²) in [6, 6.07) is 0. The number of nitrogens with zero attached hydrogens (tertiary/aromatic N) is 1. The van der Waals surface area contributed by atoms with Gasteiger partial charge in [-0.3, -0.25) is 9.59 Å². The molecule has 9 nitrogen and oxygen atoms in total. The highest BCUT2D eigenvalue weighted by atomic mass is 16.7. The summed E-state index contributed by atoms with van der Waals surface area (Å²) in [5.41, 5.74) is 0. The summed E-state index contributed by atoms with van der Waals surface area (Å²) in [4.78, 5) is 36.7. The van der Waals surface area contributed by atoms with Crippen LogP contribution in [0.3, 0.4) is 0 Å². The van der Waals surface area contributed by atoms with Crippen molar-refractivity contribution in [3.63, 3.8) is 0 Å². The van der Waals surface area contributed by atoms with Gasteiger partial charge in [0.25, 0.3) is 0 Å². The predicted octanol–water partition coefficient (Wildman–Crippen LogP) is 8.05. The number of likely N-dealkylation sites (N-methyl/N-ethyl adjacent to an activating group) is 1. The van der Waals surface area contributed by atoms with Crippen molar-refractivity contribution in [3.8, 4) is 0 Å². The third-order valence-corrected chi connectivity index (χ3v) is 8.60. The summed E-state index contributed by atoms with van der Waals surface area (Å²) >= 11 is 0. The van der Waals surface area contributed by atoms with Gasteiger partial charge in [-0.1, -0.05) is 149 Å². The molecular formula is C39H75NO8. The molecule has 0 fully saturated rings. The van der Waals surface area contributed by atoms with Gasteiger partial charge in [-0.25, -0.2) is 0 Å². The van der Waals surface area contributed by atoms with Crippen molar-refractivity contribution in [2.45, 2.75) is 187 Å². The minimum Gasteiger partial charge on any atom is -0.545 e. The fraction of sp³-hybridized carbons (Fsp3) is 0.923. The van der Waals surface area contributed by atoms with Gasteiger partial charge in [-0.05, 0) is 12.8 Å². The van der Waals surface area contributed by atoms with Gasteiger partial charge < -0.3 is 33.3 Å². The highest BCUT2D eigenvalue weighted by Crippen LogP contribution is 2.14. The fourth-order valence-corrected chi connectivity index (χ4v) is 5.48. The van der Waals surface area contributed by atoms with Gasteiger partial charge in [0.15, 0.2) is 12.4 Å². The second-order valence-corrected chi connectivity index (χ2v) is 14.6. The van der Waals surface area contributed by atoms with E-state index < -0.39 is 24.3 Å². The molecule has 0 aromatic carbocycles. The van der Waals surface area contributed by atoms with Gasteiger partial charge in [0.05, 0.1) is 40.3 Å². The van der Waals surface area contributed by atoms with Gasteiger partial charge in [-0.15, -0.1) is 0 Å². The van der Waals surface area contributed by atoms with Crippen LogP contribution in [0.15, 0.2) is 0 Å². The Kier molecular flexibility index (Phi) is 31.3. The average Bonchev–Trinajstić information content (AvgIpc) is 3.03. The maximum atomic E-state index is 12.6. The zero-order valence-corrected chi connectivity index (χ0v) is 31.9. The van der Waals surface area contributed by atoms with Gasteiger partial charge in [0.2, 0.25) is 0 Å². The number of carboxylic acids is 1. The van der Waals surface area contributed by atoms with Gasteiger partial charge in [0.1, 0.15) is 13.2 Å². The van der Waals surface area contributed by atoms with Gasteiger partial charge in [0, 0.05) is 12.8 Å². The van der Waals surface area contributed by atoms with E-state index in [1.165, 1.54) is 109 Å². The number of hydrogen-bond donors (Lipinski definition) is 0. The Hall–Kier alpha value is -1.71. The molecule has 0 N–H and O–H groups in total. The Morgan fingerprint density at radius 2 is 0.938 bits per heavy atom. The molecule has 0 aliphatic heterocycles. The molecule has 0 aromatic heterocycles. The lowest BCUT2D eigenvalue weighted by Crippen LogP contribution is -2.44. The number of carbonyl (C=O) groups is 3. The monoisotopic (exact) mass is 686 g/mol. The first-order valence-corrected chi connectivity index (χ1v) is 19.7. The first kappa shape index (κ1) is 46.3. The molecule has 48 heavy (non-hydrogen) atoms. The van der Waals surface area contributed by atoms with Crippen LogP contribution in [-0.2, 0) is 33.3 Å². The molecule has 0 bridgehead atoms. The Bertz CT molecular complexity index is 770. The number of carboxylic acid groups (broad SMARTS) is 1. The Balaban J connectivity index is 4.51. The normalized spacial score (nSPS) is 12.9. The zero-order chi connectivity index (χ0) is 35.7. The number of unbranched alkanes of at least 4 members (excludes halogenated alkanes) is 21. The summed E-state index contributed by atoms with van der Waals surface area (Å²) in [6.07, 6.45) is 25.6. The second kappa shape index (κ2) is 32.5. The number of esters is 2. The molecular weight excluding hydrogens is 610 g/mol. The molecule has 0 saturated carbocycles. The van der Waals surface area contributed by atoms with E-state index in [0.29, 0.717) is 17.4 Å². The fourth-order valence-electron chi connectivity index (χ4n) is 5.48. The van der Waals surface area contributed by atoms with E-state index in [9.17, 15) is 19.5 Å². The molecule has 0 amide bonds. The van der Waals surface area contributed by atoms with E-state index in [1.807, 2.05) is 21.1 Å². The van der Waals surface area contributed by atoms with Crippen LogP contribution in [-0.4, -0.2) is 82.3 Å². The lowest BCUT2D eigenvalue weighted by Gasteiger charge is -2.26. The smallest absolute Gasteiger partial charge is 0.306 e. The quantitative estimate of drug-likeness (QED) is 0.0282. The topological polar surface area (TPSA) is 111 Å². The second-order valence-electron chi connectivity index (χ2n) is 14.6. The van der Waals surface area contributed by atoms with Crippen molar-refractivity contribution in [2.24, 2.45) is 0 Å². The van der Waals surface area contributed by atoms with E-state index >= 15 is 0 Å². The van der Waals surface area contributed by atoms with E-state index in [-0.39, 0.29) is 32.2 Å². The molecule has 0 rings (SSSR count). The molecule has 2 unspecified atom stereocenters. The highest BCUT2D eigenvalue weighted by molar-refractivity contribution is 5.70. The summed E-state index contributed by atoms with van der Waals surface area (Å²) in [5.74, 6) is -2.27. The number of carbonyl (C=O) groups excluding carboxylic acids is 3. The summed E-state index contributed by atoms with van der Waals surface area (Å²) < 4.78 is 22.4. The van der Waals surface area contributed by atoms with Crippen LogP contribution in [0.5, 0.6) is 0 Å². The molecule has 2 atom stereocenters. The van der Waals surface area contributed by atoms with Crippen LogP contribution >= 0.6 is 0 Å². The molecule has 0 aliphatic rings. The maximum absolute atomic E-state index is 12.6. The largest absolute Gasteiger partial charge is 0.545 e. The SMILES string of the molecule is CCCCCCCCCCCCCCC(=O)OC(COC(=O)CCCCCCCCCCCCC)COC(OCC[N+](C)(C)C)C(=O)[O-]. The Morgan fingerprint density at radius 1 is 0.542 bits per heavy atom. The van der Waals surface area contributed by atoms with Crippen LogP contribution in [0, 0.1) is 0 Å². The summed E-state index contributed by atoms with van der Waals surface area (Å²) in [6.45, 7) is 4.73. The first-order chi connectivity index (χ1) is 23.1. The maximum Gasteiger partial charge on any atom is 0.306 e. The summed E-state index contributed by atoms with van der Waals surface area (Å²) in [5, 5.41) is 11.6. The number of quaternary nitrogens is 1. The number of ether oxygens (including phenoxy) is 4. The van der Waals surface area contributed by atoms with Crippen LogP contribution in [0.2, 0.25) is 0 Å². The van der Waals surface area contributed by atoms with Gasteiger partial charge in [-0.2, -0.15) is 0 Å². The molecule has 0 saturated heterocycles. The zero-order valence-electron chi connectivity index (χ0n) is 31.9. The van der Waals surface area contributed by atoms with E-state index in [2.05, 4.69) is 13.8 Å². The molecule has 0 spiro atoms. The van der Waals surface area contributed by atoms with Crippen molar-refractivity contribution >= 4 is 17.9 Å². The summed E-state index contributed by atoms with van der Waals surface area (Å²) in [7, 11) is 5.90. The van der Waals surface area contributed by atoms with Crippen LogP contribution in [0.1, 0.15) is 174 Å². The number of hydrogen-bond acceptors (Lipinski definition) is 8. The van der Waals surface area contributed by atoms with E-state index in [4.69, 9.17) is 18.9 Å². The Labute approximate surface area is 294 Å². The van der Waals surface area contributed by atoms with Crippen molar-refractivity contribution in [2.75, 3.05) is 47.5 Å². The van der Waals surface area contributed by atoms with E-state index in [0.717, 1.165) is 38.5 Å².